The molecule has 0 spiro atoms. The lowest BCUT2D eigenvalue weighted by Crippen LogP contribution is -2.22. The Morgan fingerprint density at radius 2 is 1.41 bits per heavy atom. The Hall–Kier alpha value is -6.03. The lowest BCUT2D eigenvalue weighted by atomic mass is 10.0. The molecule has 0 atom stereocenters. The van der Waals surface area contributed by atoms with Crippen LogP contribution in [0.2, 0.25) is 0 Å². The van der Waals surface area contributed by atoms with Gasteiger partial charge in [-0.25, -0.2) is 4.68 Å². The van der Waals surface area contributed by atoms with Crippen LogP contribution < -0.4 is 24.3 Å². The monoisotopic (exact) mass is 660 g/mol. The first-order valence-electron chi connectivity index (χ1n) is 15.7. The molecule has 2 amide bonds. The second-order valence-corrected chi connectivity index (χ2v) is 11.4. The minimum atomic E-state index is -0.163. The van der Waals surface area contributed by atoms with Crippen molar-refractivity contribution < 1.29 is 28.5 Å². The third-order valence-corrected chi connectivity index (χ3v) is 7.82. The fraction of sp³-hybridized carbons (Fsp3) is 0.205. The number of amides is 2. The topological polar surface area (TPSA) is 104 Å². The van der Waals surface area contributed by atoms with Crippen molar-refractivity contribution in [2.75, 3.05) is 40.7 Å². The molecule has 1 aromatic heterocycles. The summed E-state index contributed by atoms with van der Waals surface area (Å²) in [7, 11) is 8.20. The van der Waals surface area contributed by atoms with Gasteiger partial charge in [0.25, 0.3) is 5.91 Å². The van der Waals surface area contributed by atoms with Gasteiger partial charge in [-0.1, -0.05) is 30.3 Å². The van der Waals surface area contributed by atoms with Gasteiger partial charge in [0, 0.05) is 43.4 Å². The first-order valence-corrected chi connectivity index (χ1v) is 15.7. The maximum absolute atomic E-state index is 13.4. The highest BCUT2D eigenvalue weighted by Crippen LogP contribution is 2.33. The van der Waals surface area contributed by atoms with Crippen LogP contribution in [-0.2, 0) is 16.0 Å². The molecule has 49 heavy (non-hydrogen) atoms. The summed E-state index contributed by atoms with van der Waals surface area (Å²) in [6.07, 6.45) is 2.44. The number of para-hydroxylation sites is 1. The van der Waals surface area contributed by atoms with Gasteiger partial charge in [-0.2, -0.15) is 5.10 Å². The molecule has 0 radical (unpaired) electrons. The number of ether oxygens (including phenoxy) is 4. The van der Waals surface area contributed by atoms with E-state index >= 15 is 0 Å². The molecule has 1 N–H and O–H groups in total. The number of benzene rings is 4. The molecule has 5 aromatic rings. The lowest BCUT2D eigenvalue weighted by Gasteiger charge is -2.16. The second-order valence-electron chi connectivity index (χ2n) is 11.4. The fourth-order valence-electron chi connectivity index (χ4n) is 5.21. The van der Waals surface area contributed by atoms with Gasteiger partial charge in [-0.15, -0.1) is 0 Å². The van der Waals surface area contributed by atoms with Crippen LogP contribution in [0.5, 0.6) is 28.9 Å². The van der Waals surface area contributed by atoms with Crippen LogP contribution >= 0.6 is 0 Å². The van der Waals surface area contributed by atoms with Crippen molar-refractivity contribution >= 4 is 29.2 Å². The summed E-state index contributed by atoms with van der Waals surface area (Å²) in [6, 6.07) is 29.7. The molecule has 252 valence electrons. The van der Waals surface area contributed by atoms with Crippen molar-refractivity contribution in [3.63, 3.8) is 0 Å². The SMILES string of the molecule is COc1ccc(NC(=O)CCc2c(C)nn(-c3ccccc3)c2Oc2ccc(C(=Cc3cc(OC)cc(OC)c3)C(=O)N(C)C)cc2)cc1. The first kappa shape index (κ1) is 34.3. The number of nitrogens with zero attached hydrogens (tertiary/aromatic N) is 3. The number of aromatic nitrogens is 2. The standard InChI is InChI=1S/C39H40N4O6/c1-26-35(20-21-37(44)40-29-14-18-31(46-4)19-15-29)39(43(41-26)30-10-8-7-9-11-30)49-32-16-12-28(13-17-32)36(38(45)42(2)3)24-27-22-33(47-5)25-34(23-27)48-6/h7-19,22-25H,20-21H2,1-6H3,(H,40,44). The van der Waals surface area contributed by atoms with Crippen LogP contribution in [0.25, 0.3) is 17.3 Å². The zero-order valence-corrected chi connectivity index (χ0v) is 28.5. The zero-order chi connectivity index (χ0) is 34.9. The van der Waals surface area contributed by atoms with Gasteiger partial charge in [-0.3, -0.25) is 9.59 Å². The van der Waals surface area contributed by atoms with E-state index in [4.69, 9.17) is 24.0 Å². The molecule has 0 aliphatic carbocycles. The number of carbonyl (C=O) groups is 2. The average molecular weight is 661 g/mol. The summed E-state index contributed by atoms with van der Waals surface area (Å²) < 4.78 is 24.3. The second kappa shape index (κ2) is 15.7. The summed E-state index contributed by atoms with van der Waals surface area (Å²) in [5.41, 5.74) is 5.02. The maximum Gasteiger partial charge on any atom is 0.253 e. The Bertz CT molecular complexity index is 1910. The number of aryl methyl sites for hydroxylation is 1. The van der Waals surface area contributed by atoms with Crippen LogP contribution in [0.15, 0.2) is 97.1 Å². The summed E-state index contributed by atoms with van der Waals surface area (Å²) in [6.45, 7) is 1.91. The van der Waals surface area contributed by atoms with Crippen LogP contribution in [0.3, 0.4) is 0 Å². The van der Waals surface area contributed by atoms with Crippen LogP contribution in [0.1, 0.15) is 28.8 Å². The minimum absolute atomic E-state index is 0.133. The third-order valence-electron chi connectivity index (χ3n) is 7.82. The molecule has 0 saturated carbocycles. The van der Waals surface area contributed by atoms with Gasteiger partial charge in [0.05, 0.1) is 32.7 Å². The van der Waals surface area contributed by atoms with E-state index in [0.717, 1.165) is 22.5 Å². The quantitative estimate of drug-likeness (QED) is 0.105. The number of likely N-dealkylation sites (N-methyl/N-ethyl adjacent to an activating group) is 1. The van der Waals surface area contributed by atoms with Gasteiger partial charge < -0.3 is 29.2 Å². The molecule has 4 aromatic carbocycles. The van der Waals surface area contributed by atoms with Gasteiger partial charge >= 0.3 is 0 Å². The number of hydrogen-bond donors (Lipinski definition) is 1. The summed E-state index contributed by atoms with van der Waals surface area (Å²) in [5.74, 6) is 2.71. The molecular formula is C39H40N4O6. The van der Waals surface area contributed by atoms with Crippen molar-refractivity contribution in [3.8, 4) is 34.6 Å². The number of carbonyl (C=O) groups excluding carboxylic acids is 2. The Balaban J connectivity index is 1.43. The van der Waals surface area contributed by atoms with E-state index in [1.807, 2.05) is 79.7 Å². The number of anilines is 1. The highest BCUT2D eigenvalue weighted by Gasteiger charge is 2.21. The zero-order valence-electron chi connectivity index (χ0n) is 28.5. The maximum atomic E-state index is 13.4. The molecule has 1 heterocycles. The minimum Gasteiger partial charge on any atom is -0.497 e. The number of hydrogen-bond acceptors (Lipinski definition) is 7. The van der Waals surface area contributed by atoms with Crippen LogP contribution in [-0.4, -0.2) is 61.9 Å². The molecule has 5 rings (SSSR count). The number of nitrogens with one attached hydrogen (secondary N) is 1. The Kier molecular flexibility index (Phi) is 11.0. The van der Waals surface area contributed by atoms with Crippen molar-refractivity contribution in [1.29, 1.82) is 0 Å². The van der Waals surface area contributed by atoms with Crippen molar-refractivity contribution in [2.24, 2.45) is 0 Å². The van der Waals surface area contributed by atoms with Crippen molar-refractivity contribution in [2.45, 2.75) is 19.8 Å². The first-order chi connectivity index (χ1) is 23.7. The fourth-order valence-corrected chi connectivity index (χ4v) is 5.21. The van der Waals surface area contributed by atoms with E-state index in [1.165, 1.54) is 4.90 Å². The molecule has 0 fully saturated rings. The summed E-state index contributed by atoms with van der Waals surface area (Å²) in [5, 5.41) is 7.73. The van der Waals surface area contributed by atoms with Crippen molar-refractivity contribution in [3.05, 3.63) is 119 Å². The molecule has 0 aliphatic heterocycles. The Labute approximate surface area is 286 Å². The number of methoxy groups -OCH3 is 3. The molecule has 10 heteroatoms. The van der Waals surface area contributed by atoms with Gasteiger partial charge in [0.15, 0.2) is 0 Å². The molecule has 0 unspecified atom stereocenters. The molecule has 0 aliphatic rings. The molecule has 0 bridgehead atoms. The van der Waals surface area contributed by atoms with Gasteiger partial charge in [0.1, 0.15) is 23.0 Å². The van der Waals surface area contributed by atoms with Crippen LogP contribution in [0, 0.1) is 6.92 Å². The predicted octanol–water partition coefficient (Wildman–Crippen LogP) is 7.20. The highest BCUT2D eigenvalue weighted by atomic mass is 16.5. The smallest absolute Gasteiger partial charge is 0.253 e. The van der Waals surface area contributed by atoms with E-state index in [0.29, 0.717) is 52.1 Å². The van der Waals surface area contributed by atoms with E-state index in [1.54, 1.807) is 70.4 Å². The molecule has 0 saturated heterocycles. The predicted molar refractivity (Wildman–Crippen MR) is 191 cm³/mol. The van der Waals surface area contributed by atoms with E-state index in [-0.39, 0.29) is 18.2 Å². The van der Waals surface area contributed by atoms with Crippen molar-refractivity contribution in [1.82, 2.24) is 14.7 Å². The van der Waals surface area contributed by atoms with Gasteiger partial charge in [0.2, 0.25) is 11.8 Å². The van der Waals surface area contributed by atoms with E-state index in [9.17, 15) is 9.59 Å². The Morgan fingerprint density at radius 1 is 0.796 bits per heavy atom. The summed E-state index contributed by atoms with van der Waals surface area (Å²) >= 11 is 0. The van der Waals surface area contributed by atoms with Crippen LogP contribution in [0.4, 0.5) is 5.69 Å². The largest absolute Gasteiger partial charge is 0.497 e. The highest BCUT2D eigenvalue weighted by molar-refractivity contribution is 6.24. The molecular weight excluding hydrogens is 620 g/mol. The number of rotatable bonds is 13. The average Bonchev–Trinajstić information content (AvgIpc) is 3.44. The Morgan fingerprint density at radius 3 is 2.00 bits per heavy atom. The van der Waals surface area contributed by atoms with E-state index < -0.39 is 0 Å². The molecule has 10 nitrogen and oxygen atoms in total. The summed E-state index contributed by atoms with van der Waals surface area (Å²) in [4.78, 5) is 27.8. The van der Waals surface area contributed by atoms with E-state index in [2.05, 4.69) is 5.32 Å². The third kappa shape index (κ3) is 8.47. The lowest BCUT2D eigenvalue weighted by molar-refractivity contribution is -0.122. The normalized spacial score (nSPS) is 11.1. The van der Waals surface area contributed by atoms with Gasteiger partial charge in [-0.05, 0) is 91.2 Å².